The zero-order valence-electron chi connectivity index (χ0n) is 20.5. The molecule has 14 nitrogen and oxygen atoms in total. The van der Waals surface area contributed by atoms with Crippen LogP contribution in [0.3, 0.4) is 0 Å². The molecule has 3 heterocycles. The fourth-order valence-electron chi connectivity index (χ4n) is 4.10. The Morgan fingerprint density at radius 3 is 2.59 bits per heavy atom. The molecule has 2 aliphatic heterocycles. The van der Waals surface area contributed by atoms with Gasteiger partial charge in [0.05, 0.1) is 31.3 Å². The summed E-state index contributed by atoms with van der Waals surface area (Å²) in [5.74, 6) is -3.11. The van der Waals surface area contributed by atoms with Crippen LogP contribution in [0, 0.1) is 0 Å². The van der Waals surface area contributed by atoms with Gasteiger partial charge in [-0.15, -0.1) is 11.8 Å². The Kier molecular flexibility index (Phi) is 8.88. The second-order valence-corrected chi connectivity index (χ2v) is 10.2. The molecule has 1 aromatic rings. The largest absolute Gasteiger partial charge is 0.543 e. The monoisotopic (exact) mass is 552 g/mol. The lowest BCUT2D eigenvalue weighted by atomic mass is 10.0. The minimum Gasteiger partial charge on any atom is -0.543 e. The van der Waals surface area contributed by atoms with Crippen LogP contribution in [0.2, 0.25) is 0 Å². The minimum atomic E-state index is -1.50. The molecule has 0 radical (unpaired) electrons. The number of allylic oxidation sites excluding steroid dienone is 1. The summed E-state index contributed by atoms with van der Waals surface area (Å²) in [7, 11) is 1.24. The number of quaternary nitrogens is 1. The molecule has 0 saturated carbocycles. The molecule has 3 rings (SSSR count). The number of nitrogens with zero attached hydrogens (tertiary/aromatic N) is 5. The third-order valence-electron chi connectivity index (χ3n) is 6.17. The Bertz CT molecular complexity index is 1180. The number of β-lactam (4-membered cyclic amide) rings is 1. The van der Waals surface area contributed by atoms with E-state index in [1.165, 1.54) is 18.9 Å². The molecular formula is C21H28N8O6S2. The highest BCUT2D eigenvalue weighted by Gasteiger charge is 2.53. The van der Waals surface area contributed by atoms with Crippen LogP contribution in [0.4, 0.5) is 5.13 Å². The number of fused-ring (bicyclic) bond motifs is 1. The first-order valence-electron chi connectivity index (χ1n) is 11.3. The van der Waals surface area contributed by atoms with E-state index in [-0.39, 0.29) is 34.7 Å². The van der Waals surface area contributed by atoms with Crippen molar-refractivity contribution in [1.82, 2.24) is 19.6 Å². The summed E-state index contributed by atoms with van der Waals surface area (Å²) in [6, 6.07) is -1.00. The summed E-state index contributed by atoms with van der Waals surface area (Å²) in [5, 5.41) is 17.7. The van der Waals surface area contributed by atoms with Crippen LogP contribution in [0.5, 0.6) is 0 Å². The van der Waals surface area contributed by atoms with E-state index >= 15 is 0 Å². The van der Waals surface area contributed by atoms with E-state index in [0.29, 0.717) is 29.7 Å². The Morgan fingerprint density at radius 2 is 2.05 bits per heavy atom. The summed E-state index contributed by atoms with van der Waals surface area (Å²) in [4.78, 5) is 59.0. The van der Waals surface area contributed by atoms with Gasteiger partial charge in [-0.2, -0.15) is 9.36 Å². The molecule has 1 fully saturated rings. The van der Waals surface area contributed by atoms with Gasteiger partial charge in [-0.05, 0) is 25.5 Å². The summed E-state index contributed by atoms with van der Waals surface area (Å²) < 4.78 is 4.35. The van der Waals surface area contributed by atoms with Gasteiger partial charge in [0.2, 0.25) is 11.5 Å². The van der Waals surface area contributed by atoms with Gasteiger partial charge in [-0.1, -0.05) is 11.2 Å². The zero-order chi connectivity index (χ0) is 27.3. The lowest BCUT2D eigenvalue weighted by Crippen LogP contribution is -2.71. The normalized spacial score (nSPS) is 20.0. The number of amides is 3. The van der Waals surface area contributed by atoms with Crippen molar-refractivity contribution in [2.75, 3.05) is 44.8 Å². The number of carboxylic acids is 1. The minimum absolute atomic E-state index is 0.0607. The third kappa shape index (κ3) is 5.91. The lowest BCUT2D eigenvalue weighted by molar-refractivity contribution is -0.911. The molecule has 1 aromatic heterocycles. The molecule has 0 unspecified atom stereocenters. The van der Waals surface area contributed by atoms with Crippen molar-refractivity contribution in [2.45, 2.75) is 25.3 Å². The maximum atomic E-state index is 12.9. The molecular weight excluding hydrogens is 524 g/mol. The van der Waals surface area contributed by atoms with Crippen molar-refractivity contribution in [1.29, 1.82) is 0 Å². The molecule has 37 heavy (non-hydrogen) atoms. The lowest BCUT2D eigenvalue weighted by Gasteiger charge is -2.50. The second kappa shape index (κ2) is 11.7. The number of likely N-dealkylation sites (N-methyl/N-ethyl adjacent to an activating group) is 1. The summed E-state index contributed by atoms with van der Waals surface area (Å²) >= 11 is 2.15. The number of aliphatic carboxylic acids is 1. The third-order valence-corrected chi connectivity index (χ3v) is 8.02. The first-order chi connectivity index (χ1) is 17.6. The van der Waals surface area contributed by atoms with E-state index in [1.54, 1.807) is 12.2 Å². The van der Waals surface area contributed by atoms with Crippen molar-refractivity contribution in [3.8, 4) is 0 Å². The number of carbonyl (C=O) groups is 4. The molecule has 0 aromatic carbocycles. The highest BCUT2D eigenvalue weighted by Crippen LogP contribution is 2.40. The van der Waals surface area contributed by atoms with Gasteiger partial charge in [0.15, 0.2) is 11.7 Å². The number of thioether (sulfide) groups is 1. The number of carboxylic acid groups (broad SMARTS) is 1. The summed E-state index contributed by atoms with van der Waals surface area (Å²) in [5.41, 5.74) is 10.8. The summed E-state index contributed by atoms with van der Waals surface area (Å²) in [6.45, 7) is 5.83. The van der Waals surface area contributed by atoms with Crippen LogP contribution >= 0.6 is 23.3 Å². The predicted octanol–water partition coefficient (Wildman–Crippen LogP) is -2.23. The quantitative estimate of drug-likeness (QED) is 0.110. The fourth-order valence-corrected chi connectivity index (χ4v) is 5.85. The van der Waals surface area contributed by atoms with Crippen LogP contribution in [-0.4, -0.2) is 98.6 Å². The Hall–Kier alpha value is -3.50. The molecule has 0 aliphatic carbocycles. The van der Waals surface area contributed by atoms with Crippen molar-refractivity contribution in [3.05, 3.63) is 29.2 Å². The molecule has 200 valence electrons. The molecule has 16 heteroatoms. The first-order valence-corrected chi connectivity index (χ1v) is 13.1. The predicted molar refractivity (Wildman–Crippen MR) is 134 cm³/mol. The number of anilines is 1. The number of aromatic nitrogens is 2. The van der Waals surface area contributed by atoms with Gasteiger partial charge in [-0.3, -0.25) is 19.3 Å². The van der Waals surface area contributed by atoms with Crippen LogP contribution in [-0.2, 0) is 24.0 Å². The van der Waals surface area contributed by atoms with Crippen molar-refractivity contribution >= 4 is 57.8 Å². The maximum absolute atomic E-state index is 12.9. The molecule has 1 saturated heterocycles. The van der Waals surface area contributed by atoms with E-state index < -0.39 is 35.1 Å². The average Bonchev–Trinajstić information content (AvgIpc) is 3.29. The highest BCUT2D eigenvalue weighted by molar-refractivity contribution is 8.00. The van der Waals surface area contributed by atoms with E-state index in [1.807, 2.05) is 13.8 Å². The standard InChI is InChI=1S/C21H28N8O6S2/c1-4-29(5-2,9-12(22)30)8-6-7-11-10-36-19-14(18(32)28(19)15(11)20(33)34)24-17(31)13(26-35-3)16-25-21(23)37-27-16/h6-7,14,19H,4-5,8-10H2,1-3H3,(H5-,22,23,24,25,27,30,31,33,34)/b7-6+,26-13-/t14-,19+/m1/s1. The number of primary amides is 1. The van der Waals surface area contributed by atoms with E-state index in [9.17, 15) is 24.3 Å². The molecule has 0 spiro atoms. The van der Waals surface area contributed by atoms with Crippen molar-refractivity contribution < 1.29 is 33.6 Å². The van der Waals surface area contributed by atoms with Crippen molar-refractivity contribution in [3.63, 3.8) is 0 Å². The number of rotatable bonds is 12. The van der Waals surface area contributed by atoms with Gasteiger partial charge in [0.25, 0.3) is 17.7 Å². The first kappa shape index (κ1) is 28.1. The molecule has 2 atom stereocenters. The van der Waals surface area contributed by atoms with Crippen LogP contribution in [0.1, 0.15) is 19.7 Å². The SMILES string of the molecule is CC[N+](CC)(C/C=C/C1=C(C(=O)[O-])N2C(=O)[C@@H](NC(=O)/C(=N\OC)c3nsc(N)n3)[C@@H]2SC1)CC(N)=O. The Labute approximate surface area is 221 Å². The Morgan fingerprint density at radius 1 is 1.35 bits per heavy atom. The van der Waals surface area contributed by atoms with Gasteiger partial charge in [0.1, 0.15) is 18.5 Å². The number of nitrogens with two attached hydrogens (primary N) is 2. The zero-order valence-corrected chi connectivity index (χ0v) is 22.1. The van der Waals surface area contributed by atoms with Gasteiger partial charge in [-0.25, -0.2) is 0 Å². The van der Waals surface area contributed by atoms with E-state index in [4.69, 9.17) is 16.3 Å². The van der Waals surface area contributed by atoms with Crippen LogP contribution in [0.25, 0.3) is 0 Å². The van der Waals surface area contributed by atoms with Crippen molar-refractivity contribution in [2.24, 2.45) is 10.9 Å². The van der Waals surface area contributed by atoms with E-state index in [2.05, 4.69) is 19.8 Å². The number of nitrogens with one attached hydrogen (secondary N) is 1. The van der Waals surface area contributed by atoms with Gasteiger partial charge in [0, 0.05) is 17.3 Å². The molecule has 2 aliphatic rings. The van der Waals surface area contributed by atoms with Gasteiger partial charge >= 0.3 is 0 Å². The number of hydrogen-bond acceptors (Lipinski definition) is 12. The molecule has 5 N–H and O–H groups in total. The topological polar surface area (TPSA) is 206 Å². The highest BCUT2D eigenvalue weighted by atomic mass is 32.2. The Balaban J connectivity index is 1.77. The maximum Gasteiger partial charge on any atom is 0.278 e. The van der Waals surface area contributed by atoms with Crippen LogP contribution in [0.15, 0.2) is 28.6 Å². The summed E-state index contributed by atoms with van der Waals surface area (Å²) in [6.07, 6.45) is 3.41. The number of hydrogen-bond donors (Lipinski definition) is 3. The number of nitrogen functional groups attached to an aromatic ring is 1. The molecule has 3 amide bonds. The smallest absolute Gasteiger partial charge is 0.278 e. The van der Waals surface area contributed by atoms with Gasteiger partial charge < -0.3 is 36.0 Å². The number of carbonyl (C=O) groups excluding carboxylic acids is 4. The molecule has 0 bridgehead atoms. The average molecular weight is 553 g/mol. The van der Waals surface area contributed by atoms with Crippen LogP contribution < -0.4 is 21.9 Å². The second-order valence-electron chi connectivity index (χ2n) is 8.28. The van der Waals surface area contributed by atoms with E-state index in [0.717, 1.165) is 16.4 Å². The number of oxime groups is 1. The fraction of sp³-hybridized carbons (Fsp3) is 0.476.